The summed E-state index contributed by atoms with van der Waals surface area (Å²) in [5.41, 5.74) is 1.21. The van der Waals surface area contributed by atoms with Crippen LogP contribution in [0.3, 0.4) is 0 Å². The molecule has 2 aliphatic rings. The molecular formula is C20H30FN3O3. The van der Waals surface area contributed by atoms with E-state index < -0.39 is 0 Å². The number of carbonyl (C=O) groups excluding carboxylic acids is 1. The number of hydrogen-bond donors (Lipinski definition) is 1. The van der Waals surface area contributed by atoms with Gasteiger partial charge in [-0.05, 0) is 45.4 Å². The van der Waals surface area contributed by atoms with Gasteiger partial charge in [0, 0.05) is 37.3 Å². The third-order valence-electron chi connectivity index (χ3n) is 4.75. The molecule has 2 heterocycles. The maximum atomic E-state index is 14.6. The molecule has 1 N–H and O–H groups in total. The average molecular weight is 379 g/mol. The van der Waals surface area contributed by atoms with Crippen molar-refractivity contribution in [1.82, 2.24) is 5.32 Å². The minimum atomic E-state index is -0.223. The molecule has 3 rings (SSSR count). The van der Waals surface area contributed by atoms with Gasteiger partial charge in [-0.3, -0.25) is 4.79 Å². The van der Waals surface area contributed by atoms with Crippen LogP contribution in [0.1, 0.15) is 33.6 Å². The van der Waals surface area contributed by atoms with Gasteiger partial charge in [0.15, 0.2) is 0 Å². The lowest BCUT2D eigenvalue weighted by Gasteiger charge is -2.29. The van der Waals surface area contributed by atoms with Gasteiger partial charge >= 0.3 is 0 Å². The van der Waals surface area contributed by atoms with Crippen molar-refractivity contribution in [2.75, 3.05) is 49.4 Å². The standard InChI is InChI=1S/C20H30FN3O3/c1-20(2,3)22-19(25)7-5-16-13-24(14-27-16)15-4-6-18(17(21)12-15)23-8-10-26-11-9-23/h4,6,12,16H,5,7-11,13-14H2,1-3H3,(H,22,25)/t16-/m0/s1. The first-order chi connectivity index (χ1) is 12.8. The van der Waals surface area contributed by atoms with Crippen LogP contribution in [0.15, 0.2) is 18.2 Å². The Hall–Kier alpha value is -1.86. The Bertz CT molecular complexity index is 656. The van der Waals surface area contributed by atoms with E-state index in [1.165, 1.54) is 0 Å². The summed E-state index contributed by atoms with van der Waals surface area (Å²) in [6.45, 7) is 9.66. The number of anilines is 2. The molecule has 6 nitrogen and oxygen atoms in total. The zero-order valence-electron chi connectivity index (χ0n) is 16.5. The minimum absolute atomic E-state index is 0.0160. The SMILES string of the molecule is CC(C)(C)NC(=O)CC[C@H]1CN(c2ccc(N3CCOCC3)c(F)c2)CO1. The molecule has 0 bridgehead atoms. The summed E-state index contributed by atoms with van der Waals surface area (Å²) in [6, 6.07) is 5.34. The Kier molecular flexibility index (Phi) is 6.22. The van der Waals surface area contributed by atoms with E-state index in [4.69, 9.17) is 9.47 Å². The van der Waals surface area contributed by atoms with E-state index in [1.54, 1.807) is 6.07 Å². The number of nitrogens with zero attached hydrogens (tertiary/aromatic N) is 2. The number of rotatable bonds is 5. The molecule has 1 atom stereocenters. The van der Waals surface area contributed by atoms with E-state index in [-0.39, 0.29) is 23.4 Å². The number of halogens is 1. The molecule has 0 spiro atoms. The Morgan fingerprint density at radius 2 is 2.00 bits per heavy atom. The van der Waals surface area contributed by atoms with Crippen molar-refractivity contribution >= 4 is 17.3 Å². The molecular weight excluding hydrogens is 349 g/mol. The Balaban J connectivity index is 1.52. The van der Waals surface area contributed by atoms with Gasteiger partial charge < -0.3 is 24.6 Å². The number of ether oxygens (including phenoxy) is 2. The molecule has 1 amide bonds. The van der Waals surface area contributed by atoms with Crippen LogP contribution in [0.5, 0.6) is 0 Å². The van der Waals surface area contributed by atoms with Crippen molar-refractivity contribution in [3.63, 3.8) is 0 Å². The first-order valence-corrected chi connectivity index (χ1v) is 9.62. The molecule has 7 heteroatoms. The molecule has 2 aliphatic heterocycles. The van der Waals surface area contributed by atoms with E-state index >= 15 is 0 Å². The summed E-state index contributed by atoms with van der Waals surface area (Å²) in [4.78, 5) is 16.0. The van der Waals surface area contributed by atoms with Crippen molar-refractivity contribution in [3.05, 3.63) is 24.0 Å². The third-order valence-corrected chi connectivity index (χ3v) is 4.75. The van der Waals surface area contributed by atoms with Gasteiger partial charge in [-0.1, -0.05) is 0 Å². The fourth-order valence-corrected chi connectivity index (χ4v) is 3.43. The smallest absolute Gasteiger partial charge is 0.220 e. The van der Waals surface area contributed by atoms with Gasteiger partial charge in [0.05, 0.1) is 25.0 Å². The molecule has 2 fully saturated rings. The number of amides is 1. The number of benzene rings is 1. The predicted molar refractivity (Wildman–Crippen MR) is 104 cm³/mol. The maximum absolute atomic E-state index is 14.6. The summed E-state index contributed by atoms with van der Waals surface area (Å²) in [5.74, 6) is -0.187. The minimum Gasteiger partial charge on any atom is -0.378 e. The molecule has 0 radical (unpaired) electrons. The van der Waals surface area contributed by atoms with Crippen LogP contribution in [-0.4, -0.2) is 57.1 Å². The van der Waals surface area contributed by atoms with Gasteiger partial charge in [-0.2, -0.15) is 0 Å². The summed E-state index contributed by atoms with van der Waals surface area (Å²) in [6.07, 6.45) is 1.07. The zero-order valence-corrected chi connectivity index (χ0v) is 16.5. The van der Waals surface area contributed by atoms with Crippen LogP contribution in [0.2, 0.25) is 0 Å². The lowest BCUT2D eigenvalue weighted by molar-refractivity contribution is -0.123. The summed E-state index contributed by atoms with van der Waals surface area (Å²) >= 11 is 0. The lowest BCUT2D eigenvalue weighted by Crippen LogP contribution is -2.40. The van der Waals surface area contributed by atoms with E-state index in [2.05, 4.69) is 5.32 Å². The van der Waals surface area contributed by atoms with Gasteiger partial charge in [0.25, 0.3) is 0 Å². The van der Waals surface area contributed by atoms with Gasteiger partial charge in [0.1, 0.15) is 12.5 Å². The zero-order chi connectivity index (χ0) is 19.4. The van der Waals surface area contributed by atoms with Crippen molar-refractivity contribution in [3.8, 4) is 0 Å². The number of carbonyl (C=O) groups is 1. The van der Waals surface area contributed by atoms with Crippen molar-refractivity contribution < 1.29 is 18.7 Å². The van der Waals surface area contributed by atoms with Crippen molar-refractivity contribution in [2.45, 2.75) is 45.3 Å². The van der Waals surface area contributed by atoms with Crippen LogP contribution in [0.4, 0.5) is 15.8 Å². The molecule has 0 unspecified atom stereocenters. The fraction of sp³-hybridized carbons (Fsp3) is 0.650. The molecule has 0 saturated carbocycles. The van der Waals surface area contributed by atoms with E-state index in [1.807, 2.05) is 42.7 Å². The second-order valence-corrected chi connectivity index (χ2v) is 8.21. The van der Waals surface area contributed by atoms with E-state index in [9.17, 15) is 9.18 Å². The monoisotopic (exact) mass is 379 g/mol. The highest BCUT2D eigenvalue weighted by Crippen LogP contribution is 2.28. The summed E-state index contributed by atoms with van der Waals surface area (Å²) in [5, 5.41) is 2.96. The summed E-state index contributed by atoms with van der Waals surface area (Å²) < 4.78 is 25.7. The highest BCUT2D eigenvalue weighted by molar-refractivity contribution is 5.76. The Morgan fingerprint density at radius 3 is 2.67 bits per heavy atom. The van der Waals surface area contributed by atoms with E-state index in [0.717, 1.165) is 5.69 Å². The predicted octanol–water partition coefficient (Wildman–Crippen LogP) is 2.52. The molecule has 1 aromatic rings. The van der Waals surface area contributed by atoms with Crippen LogP contribution >= 0.6 is 0 Å². The second kappa shape index (κ2) is 8.44. The fourth-order valence-electron chi connectivity index (χ4n) is 3.43. The van der Waals surface area contributed by atoms with Crippen LogP contribution in [0, 0.1) is 5.82 Å². The quantitative estimate of drug-likeness (QED) is 0.852. The summed E-state index contributed by atoms with van der Waals surface area (Å²) in [7, 11) is 0. The molecule has 27 heavy (non-hydrogen) atoms. The van der Waals surface area contributed by atoms with Gasteiger partial charge in [0.2, 0.25) is 5.91 Å². The molecule has 150 valence electrons. The molecule has 0 aliphatic carbocycles. The van der Waals surface area contributed by atoms with Crippen LogP contribution < -0.4 is 15.1 Å². The second-order valence-electron chi connectivity index (χ2n) is 8.21. The largest absolute Gasteiger partial charge is 0.378 e. The third kappa shape index (κ3) is 5.56. The van der Waals surface area contributed by atoms with E-state index in [0.29, 0.717) is 58.1 Å². The highest BCUT2D eigenvalue weighted by Gasteiger charge is 2.25. The highest BCUT2D eigenvalue weighted by atomic mass is 19.1. The van der Waals surface area contributed by atoms with Crippen LogP contribution in [-0.2, 0) is 14.3 Å². The number of nitrogens with one attached hydrogen (secondary N) is 1. The topological polar surface area (TPSA) is 54.0 Å². The van der Waals surface area contributed by atoms with Gasteiger partial charge in [-0.15, -0.1) is 0 Å². The normalized spacial score (nSPS) is 20.8. The Morgan fingerprint density at radius 1 is 1.26 bits per heavy atom. The van der Waals surface area contributed by atoms with Crippen molar-refractivity contribution in [1.29, 1.82) is 0 Å². The first kappa shape index (κ1) is 19.9. The maximum Gasteiger partial charge on any atom is 0.220 e. The molecule has 1 aromatic carbocycles. The first-order valence-electron chi connectivity index (χ1n) is 9.62. The van der Waals surface area contributed by atoms with Crippen LogP contribution in [0.25, 0.3) is 0 Å². The van der Waals surface area contributed by atoms with Gasteiger partial charge in [-0.25, -0.2) is 4.39 Å². The van der Waals surface area contributed by atoms with Crippen molar-refractivity contribution in [2.24, 2.45) is 0 Å². The number of hydrogen-bond acceptors (Lipinski definition) is 5. The Labute approximate surface area is 160 Å². The molecule has 0 aromatic heterocycles. The number of morpholine rings is 1. The lowest BCUT2D eigenvalue weighted by atomic mass is 10.1. The average Bonchev–Trinajstić information content (AvgIpc) is 3.08. The molecule has 2 saturated heterocycles.